The van der Waals surface area contributed by atoms with E-state index in [4.69, 9.17) is 0 Å². The van der Waals surface area contributed by atoms with Crippen molar-refractivity contribution in [2.45, 2.75) is 46.7 Å². The Labute approximate surface area is 129 Å². The lowest BCUT2D eigenvalue weighted by Crippen LogP contribution is -2.40. The molecule has 1 N–H and O–H groups in total. The highest BCUT2D eigenvalue weighted by Crippen LogP contribution is 2.22. The topological polar surface area (TPSA) is 28.2 Å². The van der Waals surface area contributed by atoms with Gasteiger partial charge in [0.05, 0.1) is 17.9 Å². The molecule has 4 heteroatoms. The third kappa shape index (κ3) is 5.36. The minimum Gasteiger partial charge on any atom is -0.309 e. The van der Waals surface area contributed by atoms with Gasteiger partial charge < -0.3 is 10.2 Å². The van der Waals surface area contributed by atoms with Gasteiger partial charge in [-0.05, 0) is 44.5 Å². The zero-order valence-electron chi connectivity index (χ0n) is 14.2. The number of pyridine rings is 1. The van der Waals surface area contributed by atoms with Crippen LogP contribution in [0, 0.1) is 17.7 Å². The molecule has 0 aliphatic heterocycles. The molecule has 21 heavy (non-hydrogen) atoms. The fraction of sp³-hybridized carbons (Fsp3) is 0.706. The third-order valence-corrected chi connectivity index (χ3v) is 4.30. The highest BCUT2D eigenvalue weighted by molar-refractivity contribution is 5.11. The molecule has 1 heterocycles. The molecule has 0 saturated heterocycles. The van der Waals surface area contributed by atoms with Gasteiger partial charge in [-0.2, -0.15) is 0 Å². The van der Waals surface area contributed by atoms with E-state index in [1.807, 2.05) is 0 Å². The highest BCUT2D eigenvalue weighted by atomic mass is 19.1. The van der Waals surface area contributed by atoms with Crippen molar-refractivity contribution in [3.8, 4) is 0 Å². The molecule has 0 aliphatic carbocycles. The number of halogens is 1. The molecule has 0 aromatic carbocycles. The molecule has 0 amide bonds. The third-order valence-electron chi connectivity index (χ3n) is 4.30. The maximum Gasteiger partial charge on any atom is 0.141 e. The first kappa shape index (κ1) is 18.1. The molecule has 0 saturated carbocycles. The van der Waals surface area contributed by atoms with Gasteiger partial charge in [-0.1, -0.05) is 27.7 Å². The Kier molecular flexibility index (Phi) is 7.26. The zero-order chi connectivity index (χ0) is 16.0. The van der Waals surface area contributed by atoms with Crippen LogP contribution in [-0.2, 0) is 0 Å². The molecule has 1 aromatic rings. The number of hydrogen-bond donors (Lipinski definition) is 1. The van der Waals surface area contributed by atoms with Crippen LogP contribution < -0.4 is 5.32 Å². The van der Waals surface area contributed by atoms with Crippen molar-refractivity contribution in [1.29, 1.82) is 0 Å². The lowest BCUT2D eigenvalue weighted by atomic mass is 9.96. The second kappa shape index (κ2) is 8.44. The van der Waals surface area contributed by atoms with Crippen LogP contribution in [0.4, 0.5) is 4.39 Å². The summed E-state index contributed by atoms with van der Waals surface area (Å²) >= 11 is 0. The predicted molar refractivity (Wildman–Crippen MR) is 86.7 cm³/mol. The van der Waals surface area contributed by atoms with Gasteiger partial charge in [-0.15, -0.1) is 0 Å². The maximum atomic E-state index is 13.1. The van der Waals surface area contributed by atoms with Gasteiger partial charge in [0.25, 0.3) is 0 Å². The Hall–Kier alpha value is -1.00. The first-order valence-electron chi connectivity index (χ1n) is 7.91. The summed E-state index contributed by atoms with van der Waals surface area (Å²) in [6.07, 6.45) is 1.30. The predicted octanol–water partition coefficient (Wildman–Crippen LogP) is 3.48. The van der Waals surface area contributed by atoms with Gasteiger partial charge in [0.1, 0.15) is 5.82 Å². The minimum absolute atomic E-state index is 0.150. The Morgan fingerprint density at radius 1 is 1.24 bits per heavy atom. The van der Waals surface area contributed by atoms with E-state index in [1.54, 1.807) is 6.07 Å². The van der Waals surface area contributed by atoms with Crippen LogP contribution in [0.5, 0.6) is 0 Å². The molecule has 0 fully saturated rings. The van der Waals surface area contributed by atoms with E-state index in [1.165, 1.54) is 12.3 Å². The van der Waals surface area contributed by atoms with Crippen molar-refractivity contribution < 1.29 is 4.39 Å². The van der Waals surface area contributed by atoms with Gasteiger partial charge in [0.2, 0.25) is 0 Å². The Bertz CT molecular complexity index is 405. The zero-order valence-corrected chi connectivity index (χ0v) is 14.2. The van der Waals surface area contributed by atoms with Gasteiger partial charge in [-0.25, -0.2) is 4.39 Å². The average Bonchev–Trinajstić information content (AvgIpc) is 2.44. The summed E-state index contributed by atoms with van der Waals surface area (Å²) in [5, 5.41) is 3.48. The summed E-state index contributed by atoms with van der Waals surface area (Å²) in [4.78, 5) is 6.64. The summed E-state index contributed by atoms with van der Waals surface area (Å²) in [6.45, 7) is 12.9. The normalized spacial score (nSPS) is 16.2. The lowest BCUT2D eigenvalue weighted by molar-refractivity contribution is 0.166. The van der Waals surface area contributed by atoms with Gasteiger partial charge in [0, 0.05) is 12.6 Å². The molecule has 0 aliphatic rings. The van der Waals surface area contributed by atoms with E-state index in [-0.39, 0.29) is 11.9 Å². The monoisotopic (exact) mass is 295 g/mol. The molecule has 120 valence electrons. The number of nitrogens with one attached hydrogen (secondary N) is 1. The van der Waals surface area contributed by atoms with E-state index in [0.717, 1.165) is 18.8 Å². The van der Waals surface area contributed by atoms with Crippen LogP contribution in [0.2, 0.25) is 0 Å². The molecule has 0 bridgehead atoms. The fourth-order valence-corrected chi connectivity index (χ4v) is 2.62. The quantitative estimate of drug-likeness (QED) is 0.796. The van der Waals surface area contributed by atoms with Crippen LogP contribution >= 0.6 is 0 Å². The Balaban J connectivity index is 2.78. The molecular weight excluding hydrogens is 265 g/mol. The van der Waals surface area contributed by atoms with E-state index in [9.17, 15) is 4.39 Å². The van der Waals surface area contributed by atoms with Gasteiger partial charge in [0.15, 0.2) is 0 Å². The first-order chi connectivity index (χ1) is 9.86. The summed E-state index contributed by atoms with van der Waals surface area (Å²) in [5.41, 5.74) is 0.913. The van der Waals surface area contributed by atoms with E-state index in [2.05, 4.69) is 56.9 Å². The van der Waals surface area contributed by atoms with Crippen LogP contribution in [-0.4, -0.2) is 36.1 Å². The smallest absolute Gasteiger partial charge is 0.141 e. The summed E-state index contributed by atoms with van der Waals surface area (Å²) < 4.78 is 13.1. The maximum absolute atomic E-state index is 13.1. The fourth-order valence-electron chi connectivity index (χ4n) is 2.62. The SMILES string of the molecule is CCNC(c1ccc(F)cn1)C(C)CN(C)C(C)C(C)C. The van der Waals surface area contributed by atoms with Crippen molar-refractivity contribution in [1.82, 2.24) is 15.2 Å². The minimum atomic E-state index is -0.285. The summed E-state index contributed by atoms with van der Waals surface area (Å²) in [6, 6.07) is 3.96. The molecule has 3 unspecified atom stereocenters. The van der Waals surface area contributed by atoms with Crippen LogP contribution in [0.1, 0.15) is 46.4 Å². The number of hydrogen-bond acceptors (Lipinski definition) is 3. The number of aromatic nitrogens is 1. The number of nitrogens with zero attached hydrogens (tertiary/aromatic N) is 2. The summed E-state index contributed by atoms with van der Waals surface area (Å²) in [7, 11) is 2.17. The van der Waals surface area contributed by atoms with Crippen LogP contribution in [0.3, 0.4) is 0 Å². The van der Waals surface area contributed by atoms with E-state index in [0.29, 0.717) is 17.9 Å². The number of rotatable bonds is 8. The molecule has 0 radical (unpaired) electrons. The first-order valence-corrected chi connectivity index (χ1v) is 7.91. The molecular formula is C17H30FN3. The van der Waals surface area contributed by atoms with Gasteiger partial charge >= 0.3 is 0 Å². The van der Waals surface area contributed by atoms with Crippen molar-refractivity contribution in [3.05, 3.63) is 29.8 Å². The Morgan fingerprint density at radius 3 is 2.38 bits per heavy atom. The largest absolute Gasteiger partial charge is 0.309 e. The van der Waals surface area contributed by atoms with E-state index < -0.39 is 0 Å². The molecule has 3 atom stereocenters. The molecule has 0 spiro atoms. The van der Waals surface area contributed by atoms with Crippen molar-refractivity contribution in [2.75, 3.05) is 20.1 Å². The van der Waals surface area contributed by atoms with Gasteiger partial charge in [-0.3, -0.25) is 4.98 Å². The molecule has 1 rings (SSSR count). The standard InChI is InChI=1S/C17H30FN3/c1-7-19-17(16-9-8-15(18)10-20-16)13(4)11-21(6)14(5)12(2)3/h8-10,12-14,17,19H,7,11H2,1-6H3. The second-order valence-corrected chi connectivity index (χ2v) is 6.34. The van der Waals surface area contributed by atoms with Crippen molar-refractivity contribution >= 4 is 0 Å². The second-order valence-electron chi connectivity index (χ2n) is 6.34. The van der Waals surface area contributed by atoms with Crippen molar-refractivity contribution in [3.63, 3.8) is 0 Å². The lowest BCUT2D eigenvalue weighted by Gasteiger charge is -2.33. The molecule has 3 nitrogen and oxygen atoms in total. The van der Waals surface area contributed by atoms with Crippen LogP contribution in [0.25, 0.3) is 0 Å². The Morgan fingerprint density at radius 2 is 1.90 bits per heavy atom. The van der Waals surface area contributed by atoms with Crippen molar-refractivity contribution in [2.24, 2.45) is 11.8 Å². The summed E-state index contributed by atoms with van der Waals surface area (Å²) in [5.74, 6) is 0.741. The average molecular weight is 295 g/mol. The molecule has 1 aromatic heterocycles. The van der Waals surface area contributed by atoms with E-state index >= 15 is 0 Å². The van der Waals surface area contributed by atoms with Crippen LogP contribution in [0.15, 0.2) is 18.3 Å². The highest BCUT2D eigenvalue weighted by Gasteiger charge is 2.23.